The molecule has 1 aromatic rings. The zero-order chi connectivity index (χ0) is 15.6. The van der Waals surface area contributed by atoms with Crippen molar-refractivity contribution in [1.82, 2.24) is 4.90 Å². The van der Waals surface area contributed by atoms with Crippen LogP contribution in [-0.4, -0.2) is 17.4 Å². The number of carbonyl (C=O) groups is 1. The molecule has 4 heteroatoms. The molecule has 1 atom stereocenters. The Morgan fingerprint density at radius 2 is 2.05 bits per heavy atom. The molecular formula is C17H25BrN2O. The molecule has 2 N–H and O–H groups in total. The van der Waals surface area contributed by atoms with Gasteiger partial charge < -0.3 is 10.6 Å². The van der Waals surface area contributed by atoms with E-state index < -0.39 is 0 Å². The summed E-state index contributed by atoms with van der Waals surface area (Å²) in [6.45, 7) is 8.32. The number of hydrogen-bond donors (Lipinski definition) is 1. The van der Waals surface area contributed by atoms with Crippen molar-refractivity contribution in [2.75, 3.05) is 12.3 Å². The molecule has 1 unspecified atom stereocenters. The van der Waals surface area contributed by atoms with E-state index in [2.05, 4.69) is 36.7 Å². The Labute approximate surface area is 136 Å². The van der Waals surface area contributed by atoms with Crippen LogP contribution in [0.2, 0.25) is 0 Å². The molecule has 1 amide bonds. The molecule has 0 saturated carbocycles. The van der Waals surface area contributed by atoms with Crippen LogP contribution in [0.4, 0.5) is 5.69 Å². The molecule has 0 spiro atoms. The van der Waals surface area contributed by atoms with Crippen LogP contribution in [-0.2, 0) is 11.3 Å². The highest BCUT2D eigenvalue weighted by atomic mass is 79.9. The zero-order valence-electron chi connectivity index (χ0n) is 13.2. The van der Waals surface area contributed by atoms with Crippen LogP contribution in [0.15, 0.2) is 22.7 Å². The van der Waals surface area contributed by atoms with E-state index in [-0.39, 0.29) is 11.3 Å². The average Bonchev–Trinajstić information content (AvgIpc) is 2.57. The lowest BCUT2D eigenvalue weighted by Crippen LogP contribution is -2.30. The zero-order valence-corrected chi connectivity index (χ0v) is 14.7. The smallest absolute Gasteiger partial charge is 0.222 e. The van der Waals surface area contributed by atoms with Gasteiger partial charge >= 0.3 is 0 Å². The Balaban J connectivity index is 2.06. The Kier molecular flexibility index (Phi) is 4.97. The van der Waals surface area contributed by atoms with Crippen molar-refractivity contribution in [2.24, 2.45) is 11.3 Å². The number of anilines is 1. The van der Waals surface area contributed by atoms with E-state index in [1.54, 1.807) is 0 Å². The van der Waals surface area contributed by atoms with E-state index in [0.717, 1.165) is 35.1 Å². The molecule has 0 aromatic heterocycles. The maximum Gasteiger partial charge on any atom is 0.222 e. The van der Waals surface area contributed by atoms with Gasteiger partial charge in [-0.1, -0.05) is 26.8 Å². The van der Waals surface area contributed by atoms with Gasteiger partial charge in [-0.25, -0.2) is 0 Å². The molecule has 21 heavy (non-hydrogen) atoms. The number of nitrogen functional groups attached to an aromatic ring is 1. The Hall–Kier alpha value is -1.03. The van der Waals surface area contributed by atoms with Crippen LogP contribution >= 0.6 is 15.9 Å². The molecule has 1 heterocycles. The highest BCUT2D eigenvalue weighted by Gasteiger charge is 2.29. The fourth-order valence-corrected chi connectivity index (χ4v) is 3.23. The lowest BCUT2D eigenvalue weighted by Gasteiger charge is -2.29. The molecule has 1 saturated heterocycles. The molecular weight excluding hydrogens is 328 g/mol. The summed E-state index contributed by atoms with van der Waals surface area (Å²) in [6, 6.07) is 5.92. The number of nitrogens with zero attached hydrogens (tertiary/aromatic N) is 1. The predicted molar refractivity (Wildman–Crippen MR) is 90.8 cm³/mol. The van der Waals surface area contributed by atoms with Gasteiger partial charge in [0.05, 0.1) is 0 Å². The van der Waals surface area contributed by atoms with Crippen molar-refractivity contribution in [3.8, 4) is 0 Å². The standard InChI is InChI=1S/C17H25BrN2O/c1-17(2,3)13-5-7-16(21)20(9-8-13)11-12-4-6-14(18)15(19)10-12/h4,6,10,13H,5,7-9,11,19H2,1-3H3. The molecule has 1 fully saturated rings. The fraction of sp³-hybridized carbons (Fsp3) is 0.588. The number of likely N-dealkylation sites (tertiary alicyclic amines) is 1. The van der Waals surface area contributed by atoms with Gasteiger partial charge in [-0.05, 0) is 57.8 Å². The second-order valence-electron chi connectivity index (χ2n) is 7.06. The van der Waals surface area contributed by atoms with Crippen LogP contribution in [0, 0.1) is 11.3 Å². The number of nitrogens with two attached hydrogens (primary N) is 1. The van der Waals surface area contributed by atoms with E-state index in [0.29, 0.717) is 18.9 Å². The van der Waals surface area contributed by atoms with Gasteiger partial charge in [0.2, 0.25) is 5.91 Å². The van der Waals surface area contributed by atoms with E-state index in [1.807, 2.05) is 23.1 Å². The normalized spacial score (nSPS) is 20.5. The van der Waals surface area contributed by atoms with Crippen LogP contribution in [0.1, 0.15) is 45.6 Å². The van der Waals surface area contributed by atoms with Gasteiger partial charge in [0, 0.05) is 29.7 Å². The summed E-state index contributed by atoms with van der Waals surface area (Å²) < 4.78 is 0.904. The number of hydrogen-bond acceptors (Lipinski definition) is 2. The highest BCUT2D eigenvalue weighted by molar-refractivity contribution is 9.10. The number of amides is 1. The molecule has 0 aliphatic carbocycles. The first-order valence-corrected chi connectivity index (χ1v) is 8.38. The summed E-state index contributed by atoms with van der Waals surface area (Å²) in [4.78, 5) is 14.3. The third-order valence-corrected chi connectivity index (χ3v) is 5.19. The summed E-state index contributed by atoms with van der Waals surface area (Å²) in [7, 11) is 0. The number of benzene rings is 1. The molecule has 116 valence electrons. The Morgan fingerprint density at radius 3 is 2.67 bits per heavy atom. The van der Waals surface area contributed by atoms with Gasteiger partial charge in [-0.2, -0.15) is 0 Å². The average molecular weight is 353 g/mol. The summed E-state index contributed by atoms with van der Waals surface area (Å²) >= 11 is 3.40. The second-order valence-corrected chi connectivity index (χ2v) is 7.92. The summed E-state index contributed by atoms with van der Waals surface area (Å²) in [6.07, 6.45) is 2.75. The van der Waals surface area contributed by atoms with Gasteiger partial charge in [0.25, 0.3) is 0 Å². The molecule has 1 aliphatic heterocycles. The van der Waals surface area contributed by atoms with Crippen molar-refractivity contribution in [1.29, 1.82) is 0 Å². The van der Waals surface area contributed by atoms with Crippen molar-refractivity contribution in [2.45, 2.75) is 46.6 Å². The third-order valence-electron chi connectivity index (χ3n) is 4.47. The minimum atomic E-state index is 0.267. The minimum Gasteiger partial charge on any atom is -0.398 e. The number of rotatable bonds is 2. The number of halogens is 1. The summed E-state index contributed by atoms with van der Waals surface area (Å²) in [5.74, 6) is 0.879. The van der Waals surface area contributed by atoms with Gasteiger partial charge in [-0.3, -0.25) is 4.79 Å². The van der Waals surface area contributed by atoms with E-state index in [9.17, 15) is 4.79 Å². The van der Waals surface area contributed by atoms with Crippen molar-refractivity contribution in [3.05, 3.63) is 28.2 Å². The van der Waals surface area contributed by atoms with E-state index in [1.165, 1.54) is 0 Å². The molecule has 0 bridgehead atoms. The van der Waals surface area contributed by atoms with Crippen LogP contribution in [0.25, 0.3) is 0 Å². The van der Waals surface area contributed by atoms with Crippen LogP contribution in [0.3, 0.4) is 0 Å². The molecule has 1 aliphatic rings. The second kappa shape index (κ2) is 6.39. The van der Waals surface area contributed by atoms with Crippen LogP contribution < -0.4 is 5.73 Å². The monoisotopic (exact) mass is 352 g/mol. The first-order valence-electron chi connectivity index (χ1n) is 7.59. The maximum absolute atomic E-state index is 12.3. The molecule has 1 aromatic carbocycles. The topological polar surface area (TPSA) is 46.3 Å². The lowest BCUT2D eigenvalue weighted by molar-refractivity contribution is -0.131. The highest BCUT2D eigenvalue weighted by Crippen LogP contribution is 2.35. The largest absolute Gasteiger partial charge is 0.398 e. The Bertz CT molecular complexity index is 522. The van der Waals surface area contributed by atoms with Crippen molar-refractivity contribution >= 4 is 27.5 Å². The predicted octanol–water partition coefficient (Wildman–Crippen LogP) is 4.21. The quantitative estimate of drug-likeness (QED) is 0.810. The molecule has 2 rings (SSSR count). The minimum absolute atomic E-state index is 0.267. The summed E-state index contributed by atoms with van der Waals surface area (Å²) in [5, 5.41) is 0. The van der Waals surface area contributed by atoms with E-state index >= 15 is 0 Å². The first-order chi connectivity index (χ1) is 9.77. The van der Waals surface area contributed by atoms with Gasteiger partial charge in [0.15, 0.2) is 0 Å². The SMILES string of the molecule is CC(C)(C)C1CCC(=O)N(Cc2ccc(Br)c(N)c2)CC1. The lowest BCUT2D eigenvalue weighted by atomic mass is 9.77. The van der Waals surface area contributed by atoms with Crippen LogP contribution in [0.5, 0.6) is 0 Å². The Morgan fingerprint density at radius 1 is 1.33 bits per heavy atom. The summed E-state index contributed by atoms with van der Waals surface area (Å²) in [5.41, 5.74) is 8.02. The van der Waals surface area contributed by atoms with Crippen molar-refractivity contribution < 1.29 is 4.79 Å². The first kappa shape index (κ1) is 16.3. The number of carbonyl (C=O) groups excluding carboxylic acids is 1. The maximum atomic E-state index is 12.3. The molecule has 0 radical (unpaired) electrons. The van der Waals surface area contributed by atoms with Gasteiger partial charge in [-0.15, -0.1) is 0 Å². The van der Waals surface area contributed by atoms with Gasteiger partial charge in [0.1, 0.15) is 0 Å². The van der Waals surface area contributed by atoms with Crippen molar-refractivity contribution in [3.63, 3.8) is 0 Å². The van der Waals surface area contributed by atoms with E-state index in [4.69, 9.17) is 5.73 Å². The third kappa shape index (κ3) is 4.22. The molecule has 3 nitrogen and oxygen atoms in total. The fourth-order valence-electron chi connectivity index (χ4n) is 2.98.